The van der Waals surface area contributed by atoms with Crippen LogP contribution in [-0.4, -0.2) is 36.0 Å². The summed E-state index contributed by atoms with van der Waals surface area (Å²) in [5.74, 6) is -0.0603. The first-order valence-corrected chi connectivity index (χ1v) is 9.57. The van der Waals surface area contributed by atoms with Gasteiger partial charge < -0.3 is 15.5 Å². The maximum absolute atomic E-state index is 12.5. The summed E-state index contributed by atoms with van der Waals surface area (Å²) >= 11 is 5.91. The lowest BCUT2D eigenvalue weighted by Gasteiger charge is -2.33. The highest BCUT2D eigenvalue weighted by Gasteiger charge is 2.25. The van der Waals surface area contributed by atoms with Gasteiger partial charge in [0, 0.05) is 29.7 Å². The molecule has 3 amide bonds. The molecule has 1 unspecified atom stereocenters. The van der Waals surface area contributed by atoms with Crippen LogP contribution in [0.15, 0.2) is 54.6 Å². The minimum atomic E-state index is -0.0923. The predicted octanol–water partition coefficient (Wildman–Crippen LogP) is 4.01. The summed E-state index contributed by atoms with van der Waals surface area (Å²) in [7, 11) is 0. The van der Waals surface area contributed by atoms with Crippen molar-refractivity contribution >= 4 is 23.5 Å². The number of nitrogens with zero attached hydrogens (tertiary/aromatic N) is 1. The standard InChI is InChI=1S/C21H24ClN3O2/c1-15(16-7-9-18(22)10-8-16)23-21(27)25-13-11-19(12-14-25)24-20(26)17-5-3-2-4-6-17/h2-10,15,19H,11-14H2,1H3,(H,23,27)(H,24,26). The molecular formula is C21H24ClN3O2. The molecule has 1 aliphatic heterocycles. The molecule has 0 spiro atoms. The Hall–Kier alpha value is -2.53. The van der Waals surface area contributed by atoms with Gasteiger partial charge in [-0.3, -0.25) is 4.79 Å². The molecule has 2 aromatic carbocycles. The summed E-state index contributed by atoms with van der Waals surface area (Å²) in [4.78, 5) is 26.5. The van der Waals surface area contributed by atoms with E-state index in [0.29, 0.717) is 23.7 Å². The highest BCUT2D eigenvalue weighted by Crippen LogP contribution is 2.17. The Labute approximate surface area is 164 Å². The number of hydrogen-bond donors (Lipinski definition) is 2. The molecular weight excluding hydrogens is 362 g/mol. The second-order valence-electron chi connectivity index (χ2n) is 6.82. The fourth-order valence-electron chi connectivity index (χ4n) is 3.20. The van der Waals surface area contributed by atoms with E-state index in [0.717, 1.165) is 18.4 Å². The van der Waals surface area contributed by atoms with E-state index in [1.165, 1.54) is 0 Å². The zero-order chi connectivity index (χ0) is 19.2. The first-order valence-electron chi connectivity index (χ1n) is 9.20. The molecule has 1 saturated heterocycles. The van der Waals surface area contributed by atoms with E-state index in [1.54, 1.807) is 17.0 Å². The quantitative estimate of drug-likeness (QED) is 0.835. The Morgan fingerprint density at radius 1 is 1.04 bits per heavy atom. The average molecular weight is 386 g/mol. The lowest BCUT2D eigenvalue weighted by molar-refractivity contribution is 0.0917. The third-order valence-electron chi connectivity index (χ3n) is 4.86. The molecule has 2 aromatic rings. The molecule has 27 heavy (non-hydrogen) atoms. The van der Waals surface area contributed by atoms with Gasteiger partial charge in [-0.25, -0.2) is 4.79 Å². The maximum Gasteiger partial charge on any atom is 0.317 e. The lowest BCUT2D eigenvalue weighted by Crippen LogP contribution is -2.49. The first-order chi connectivity index (χ1) is 13.0. The van der Waals surface area contributed by atoms with Gasteiger partial charge in [-0.05, 0) is 49.6 Å². The second-order valence-corrected chi connectivity index (χ2v) is 7.26. The van der Waals surface area contributed by atoms with Crippen LogP contribution in [0.5, 0.6) is 0 Å². The highest BCUT2D eigenvalue weighted by atomic mass is 35.5. The number of piperidine rings is 1. The van der Waals surface area contributed by atoms with Gasteiger partial charge in [0.05, 0.1) is 6.04 Å². The summed E-state index contributed by atoms with van der Waals surface area (Å²) in [6.07, 6.45) is 1.50. The molecule has 1 aliphatic rings. The molecule has 1 heterocycles. The van der Waals surface area contributed by atoms with Crippen LogP contribution in [0.3, 0.4) is 0 Å². The van der Waals surface area contributed by atoms with E-state index in [-0.39, 0.29) is 24.0 Å². The van der Waals surface area contributed by atoms with Crippen molar-refractivity contribution in [2.75, 3.05) is 13.1 Å². The number of carbonyl (C=O) groups is 2. The molecule has 2 N–H and O–H groups in total. The van der Waals surface area contributed by atoms with Crippen molar-refractivity contribution in [2.45, 2.75) is 31.8 Å². The van der Waals surface area contributed by atoms with Gasteiger partial charge in [-0.1, -0.05) is 41.9 Å². The van der Waals surface area contributed by atoms with Crippen molar-refractivity contribution in [3.8, 4) is 0 Å². The van der Waals surface area contributed by atoms with Crippen LogP contribution in [-0.2, 0) is 0 Å². The van der Waals surface area contributed by atoms with E-state index >= 15 is 0 Å². The molecule has 1 fully saturated rings. The van der Waals surface area contributed by atoms with Gasteiger partial charge >= 0.3 is 6.03 Å². The molecule has 6 heteroatoms. The number of benzene rings is 2. The van der Waals surface area contributed by atoms with E-state index in [2.05, 4.69) is 10.6 Å². The third kappa shape index (κ3) is 5.23. The summed E-state index contributed by atoms with van der Waals surface area (Å²) in [5, 5.41) is 6.76. The minimum Gasteiger partial charge on any atom is -0.349 e. The first kappa shape index (κ1) is 19.2. The normalized spacial score (nSPS) is 15.9. The number of rotatable bonds is 4. The Morgan fingerprint density at radius 3 is 2.30 bits per heavy atom. The molecule has 142 valence electrons. The van der Waals surface area contributed by atoms with Crippen molar-refractivity contribution in [3.63, 3.8) is 0 Å². The van der Waals surface area contributed by atoms with Crippen LogP contribution in [0.1, 0.15) is 41.7 Å². The maximum atomic E-state index is 12.5. The molecule has 5 nitrogen and oxygen atoms in total. The van der Waals surface area contributed by atoms with Crippen LogP contribution in [0.4, 0.5) is 4.79 Å². The Morgan fingerprint density at radius 2 is 1.67 bits per heavy atom. The van der Waals surface area contributed by atoms with Crippen LogP contribution in [0.25, 0.3) is 0 Å². The zero-order valence-corrected chi connectivity index (χ0v) is 16.1. The third-order valence-corrected chi connectivity index (χ3v) is 5.12. The Kier molecular flexibility index (Phi) is 6.35. The van der Waals surface area contributed by atoms with Gasteiger partial charge in [0.25, 0.3) is 5.91 Å². The molecule has 0 aromatic heterocycles. The van der Waals surface area contributed by atoms with Gasteiger partial charge in [0.1, 0.15) is 0 Å². The average Bonchev–Trinajstić information content (AvgIpc) is 2.69. The molecule has 0 radical (unpaired) electrons. The van der Waals surface area contributed by atoms with Crippen LogP contribution in [0, 0.1) is 0 Å². The summed E-state index contributed by atoms with van der Waals surface area (Å²) in [6, 6.07) is 16.6. The summed E-state index contributed by atoms with van der Waals surface area (Å²) in [5.41, 5.74) is 1.67. The van der Waals surface area contributed by atoms with Crippen molar-refractivity contribution in [1.29, 1.82) is 0 Å². The van der Waals surface area contributed by atoms with Crippen LogP contribution < -0.4 is 10.6 Å². The van der Waals surface area contributed by atoms with Gasteiger partial charge in [-0.2, -0.15) is 0 Å². The van der Waals surface area contributed by atoms with Gasteiger partial charge in [0.2, 0.25) is 0 Å². The van der Waals surface area contributed by atoms with Gasteiger partial charge in [-0.15, -0.1) is 0 Å². The number of likely N-dealkylation sites (tertiary alicyclic amines) is 1. The Bertz CT molecular complexity index is 772. The summed E-state index contributed by atoms with van der Waals surface area (Å²) < 4.78 is 0. The number of halogens is 1. The van der Waals surface area contributed by atoms with Gasteiger partial charge in [0.15, 0.2) is 0 Å². The fraction of sp³-hybridized carbons (Fsp3) is 0.333. The largest absolute Gasteiger partial charge is 0.349 e. The molecule has 0 aliphatic carbocycles. The van der Waals surface area contributed by atoms with Crippen molar-refractivity contribution in [3.05, 3.63) is 70.7 Å². The lowest BCUT2D eigenvalue weighted by atomic mass is 10.0. The second kappa shape index (κ2) is 8.91. The number of urea groups is 1. The smallest absolute Gasteiger partial charge is 0.317 e. The SMILES string of the molecule is CC(NC(=O)N1CCC(NC(=O)c2ccccc2)CC1)c1ccc(Cl)cc1. The highest BCUT2D eigenvalue weighted by molar-refractivity contribution is 6.30. The summed E-state index contributed by atoms with van der Waals surface area (Å²) in [6.45, 7) is 3.20. The van der Waals surface area contributed by atoms with E-state index < -0.39 is 0 Å². The number of amides is 3. The topological polar surface area (TPSA) is 61.4 Å². The zero-order valence-electron chi connectivity index (χ0n) is 15.3. The fourth-order valence-corrected chi connectivity index (χ4v) is 3.32. The van der Waals surface area contributed by atoms with Crippen LogP contribution >= 0.6 is 11.6 Å². The molecule has 3 rings (SSSR count). The molecule has 0 bridgehead atoms. The van der Waals surface area contributed by atoms with E-state index in [1.807, 2.05) is 49.4 Å². The van der Waals surface area contributed by atoms with Crippen molar-refractivity contribution in [2.24, 2.45) is 0 Å². The van der Waals surface area contributed by atoms with Crippen LogP contribution in [0.2, 0.25) is 5.02 Å². The predicted molar refractivity (Wildman–Crippen MR) is 107 cm³/mol. The van der Waals surface area contributed by atoms with Crippen molar-refractivity contribution in [1.82, 2.24) is 15.5 Å². The van der Waals surface area contributed by atoms with E-state index in [4.69, 9.17) is 11.6 Å². The molecule has 0 saturated carbocycles. The number of nitrogens with one attached hydrogen (secondary N) is 2. The molecule has 1 atom stereocenters. The Balaban J connectivity index is 1.46. The minimum absolute atomic E-state index is 0.0603. The van der Waals surface area contributed by atoms with Crippen molar-refractivity contribution < 1.29 is 9.59 Å². The monoisotopic (exact) mass is 385 g/mol. The number of carbonyl (C=O) groups excluding carboxylic acids is 2. The number of hydrogen-bond acceptors (Lipinski definition) is 2. The van der Waals surface area contributed by atoms with E-state index in [9.17, 15) is 9.59 Å².